The standard InChI is InChI=1S/C70H118N2.2C9H19.Ni/c1-4-7-10-13-16-18-20-22-24-25-26-27-28-29-30-31-32-33-34-35-36-37-39-41-43-45-48-51-56-68-63-69(72(71)70(68)67-57-52-55-65(62-67)54-50-46-15-12-9-6-3)66-60-58-64(59-61-66)53-49-47-44-42-40-38-23-21-19-17-14-11-8-5-2;2*1-3-5-7-9-8-6-4-2;/h51-52,55-63H,4-50,53-54H2,1-3H3;2*1,3-9H2,2H3;. The molecule has 0 aromatic heterocycles. The van der Waals surface area contributed by atoms with Crippen molar-refractivity contribution >= 4 is 11.4 Å². The molecule has 2 nitrogen and oxygen atoms in total. The van der Waals surface area contributed by atoms with Crippen LogP contribution in [0.2, 0.25) is 10.8 Å². The molecule has 0 saturated heterocycles. The van der Waals surface area contributed by atoms with E-state index in [-0.39, 0.29) is 0 Å². The third-order valence-electron chi connectivity index (χ3n) is 19.8. The van der Waals surface area contributed by atoms with Crippen molar-refractivity contribution < 1.29 is 19.1 Å². The van der Waals surface area contributed by atoms with E-state index >= 15 is 0 Å². The number of hydrogen-bond acceptors (Lipinski definition) is 0. The minimum absolute atomic E-state index is 0.884. The summed E-state index contributed by atoms with van der Waals surface area (Å²) >= 11 is 2.01. The molecule has 0 aliphatic carbocycles. The Hall–Kier alpha value is -2.25. The molecule has 0 N–H and O–H groups in total. The average molecular weight is 1300 g/mol. The zero-order chi connectivity index (χ0) is 65.1. The van der Waals surface area contributed by atoms with Gasteiger partial charge in [-0.3, -0.25) is 0 Å². The quantitative estimate of drug-likeness (QED) is 0.0358. The first-order valence-corrected chi connectivity index (χ1v) is 42.7. The maximum absolute atomic E-state index is 11.9. The number of hydrogen-bond donors (Lipinski definition) is 0. The van der Waals surface area contributed by atoms with Crippen LogP contribution in [0.1, 0.15) is 449 Å². The van der Waals surface area contributed by atoms with E-state index in [0.717, 1.165) is 47.4 Å². The van der Waals surface area contributed by atoms with Crippen molar-refractivity contribution in [3.05, 3.63) is 100 Å². The van der Waals surface area contributed by atoms with Crippen LogP contribution in [0.5, 0.6) is 0 Å². The van der Waals surface area contributed by atoms with Crippen LogP contribution >= 0.6 is 0 Å². The van der Waals surface area contributed by atoms with Crippen LogP contribution < -0.4 is 0 Å². The van der Waals surface area contributed by atoms with Crippen molar-refractivity contribution in [2.24, 2.45) is 0 Å². The van der Waals surface area contributed by atoms with E-state index in [9.17, 15) is 5.53 Å². The van der Waals surface area contributed by atoms with Crippen LogP contribution in [0, 0.1) is 0 Å². The monoisotopic (exact) mass is 1300 g/mol. The molecular weight excluding hydrogens is 1140 g/mol. The van der Waals surface area contributed by atoms with Crippen LogP contribution in [0.15, 0.2) is 72.3 Å². The summed E-state index contributed by atoms with van der Waals surface area (Å²) in [6.07, 6.45) is 95.2. The molecule has 3 heteroatoms. The zero-order valence-electron chi connectivity index (χ0n) is 62.0. The fourth-order valence-corrected chi connectivity index (χ4v) is 14.8. The molecular formula is C88H156N2Ni. The van der Waals surface area contributed by atoms with Crippen molar-refractivity contribution in [2.75, 3.05) is 0 Å². The summed E-state index contributed by atoms with van der Waals surface area (Å²) in [7, 11) is 0. The molecule has 0 unspecified atom stereocenters. The number of nitrogens with zero attached hydrogens (tertiary/aromatic N) is 2. The number of unbranched alkanes of at least 4 members (excludes halogenated alkanes) is 56. The predicted molar refractivity (Wildman–Crippen MR) is 408 cm³/mol. The first-order valence-electron chi connectivity index (χ1n) is 41.3. The van der Waals surface area contributed by atoms with Gasteiger partial charge in [-0.1, -0.05) is 333 Å². The third-order valence-corrected chi connectivity index (χ3v) is 21.2. The van der Waals surface area contributed by atoms with Crippen LogP contribution in [-0.2, 0) is 27.3 Å². The molecule has 2 aromatic rings. The van der Waals surface area contributed by atoms with Gasteiger partial charge in [0.05, 0.1) is 5.57 Å². The number of allylic oxidation sites excluding steroid dienone is 4. The van der Waals surface area contributed by atoms with Crippen molar-refractivity contribution in [2.45, 2.75) is 450 Å². The van der Waals surface area contributed by atoms with Gasteiger partial charge in [0.1, 0.15) is 0 Å². The normalized spacial score (nSPS) is 12.5. The van der Waals surface area contributed by atoms with Gasteiger partial charge in [0.2, 0.25) is 11.4 Å². The number of aryl methyl sites for hydroxylation is 2. The summed E-state index contributed by atoms with van der Waals surface area (Å²) < 4.78 is 1.48. The fraction of sp³-hybridized carbons (Fsp3) is 0.795. The van der Waals surface area contributed by atoms with Crippen LogP contribution in [0.4, 0.5) is 0 Å². The van der Waals surface area contributed by atoms with Gasteiger partial charge in [-0.2, -0.15) is 0 Å². The van der Waals surface area contributed by atoms with Gasteiger partial charge in [-0.25, -0.2) is 4.70 Å². The molecule has 1 aliphatic rings. The topological polar surface area (TPSA) is 25.3 Å². The summed E-state index contributed by atoms with van der Waals surface area (Å²) in [5, 5.41) is 2.85. The van der Waals surface area contributed by atoms with Crippen molar-refractivity contribution in [1.29, 1.82) is 0 Å². The third kappa shape index (κ3) is 51.7. The molecule has 2 aromatic carbocycles. The fourth-order valence-electron chi connectivity index (χ4n) is 13.6. The Labute approximate surface area is 577 Å². The SMILES string of the molecule is CCCCCCCCCCCCCCCCCCCCCCCCCCCCC=CC1=C(c2cccc(CCCCCCCC)c2)[N+](=[N-])C(c2ccc(CCCCCCCCCCCCCCCC)cc2)=C1.CCCCCCCC[CH2][Ni][CH2]CCCCCCCC. The minimum atomic E-state index is 0.884. The molecule has 0 fully saturated rings. The molecule has 0 saturated carbocycles. The number of benzene rings is 2. The van der Waals surface area contributed by atoms with Crippen LogP contribution in [0.25, 0.3) is 16.9 Å². The van der Waals surface area contributed by atoms with Gasteiger partial charge in [0.15, 0.2) is 0 Å². The van der Waals surface area contributed by atoms with E-state index in [1.807, 2.05) is 14.4 Å². The van der Waals surface area contributed by atoms with E-state index in [1.54, 1.807) is 0 Å². The Morgan fingerprint density at radius 1 is 0.308 bits per heavy atom. The molecule has 1 aliphatic heterocycles. The van der Waals surface area contributed by atoms with Gasteiger partial charge >= 0.3 is 129 Å². The van der Waals surface area contributed by atoms with Crippen LogP contribution in [-0.4, -0.2) is 4.70 Å². The summed E-state index contributed by atoms with van der Waals surface area (Å²) in [5.41, 5.74) is 19.8. The van der Waals surface area contributed by atoms with Gasteiger partial charge in [0, 0.05) is 17.2 Å². The Bertz CT molecular complexity index is 1920. The summed E-state index contributed by atoms with van der Waals surface area (Å²) in [6.45, 7) is 11.5. The Balaban J connectivity index is 0.00000127. The van der Waals surface area contributed by atoms with E-state index in [4.69, 9.17) is 0 Å². The van der Waals surface area contributed by atoms with Crippen molar-refractivity contribution in [3.63, 3.8) is 0 Å². The first kappa shape index (κ1) is 84.8. The van der Waals surface area contributed by atoms with Gasteiger partial charge < -0.3 is 5.53 Å². The summed E-state index contributed by atoms with van der Waals surface area (Å²) in [5.74, 6) is 0. The summed E-state index contributed by atoms with van der Waals surface area (Å²) in [4.78, 5) is 0. The maximum atomic E-state index is 11.9. The van der Waals surface area contributed by atoms with Crippen LogP contribution in [0.3, 0.4) is 0 Å². The van der Waals surface area contributed by atoms with Gasteiger partial charge in [0.25, 0.3) is 0 Å². The van der Waals surface area contributed by atoms with E-state index < -0.39 is 0 Å². The molecule has 0 spiro atoms. The molecule has 528 valence electrons. The van der Waals surface area contributed by atoms with Gasteiger partial charge in [-0.15, -0.1) is 0 Å². The molecule has 1 heterocycles. The molecule has 0 amide bonds. The van der Waals surface area contributed by atoms with E-state index in [0.29, 0.717) is 0 Å². The Kier molecular flexibility index (Phi) is 63.1. The first-order chi connectivity index (χ1) is 45.1. The summed E-state index contributed by atoms with van der Waals surface area (Å²) in [6, 6.07) is 18.0. The van der Waals surface area contributed by atoms with E-state index in [1.165, 1.54) is 412 Å². The van der Waals surface area contributed by atoms with Gasteiger partial charge in [-0.05, 0) is 73.9 Å². The second-order valence-electron chi connectivity index (χ2n) is 28.7. The molecule has 0 atom stereocenters. The average Bonchev–Trinajstić information content (AvgIpc) is 1.67. The van der Waals surface area contributed by atoms with E-state index in [2.05, 4.69) is 101 Å². The predicted octanol–water partition coefficient (Wildman–Crippen LogP) is 31.9. The number of rotatable bonds is 68. The Morgan fingerprint density at radius 2 is 0.604 bits per heavy atom. The second-order valence-corrected chi connectivity index (χ2v) is 30.1. The van der Waals surface area contributed by atoms with Crippen molar-refractivity contribution in [1.82, 2.24) is 0 Å². The second kappa shape index (κ2) is 67.7. The molecule has 91 heavy (non-hydrogen) atoms. The molecule has 0 radical (unpaired) electrons. The molecule has 0 bridgehead atoms. The Morgan fingerprint density at radius 3 is 0.945 bits per heavy atom. The van der Waals surface area contributed by atoms with Crippen molar-refractivity contribution in [3.8, 4) is 0 Å². The molecule has 3 rings (SSSR count). The zero-order valence-corrected chi connectivity index (χ0v) is 63.0.